The van der Waals surface area contributed by atoms with E-state index in [1.54, 1.807) is 23.5 Å². The number of sulfonamides is 1. The van der Waals surface area contributed by atoms with E-state index in [0.717, 1.165) is 29.1 Å². The Morgan fingerprint density at radius 2 is 1.82 bits per heavy atom. The Balaban J connectivity index is 1.96. The number of benzene rings is 1. The molecule has 0 fully saturated rings. The van der Waals surface area contributed by atoms with E-state index in [2.05, 4.69) is 23.6 Å². The first kappa shape index (κ1) is 17.1. The molecule has 0 aliphatic heterocycles. The van der Waals surface area contributed by atoms with Gasteiger partial charge in [-0.05, 0) is 37.5 Å². The molecule has 1 heterocycles. The van der Waals surface area contributed by atoms with Gasteiger partial charge >= 0.3 is 0 Å². The van der Waals surface area contributed by atoms with Gasteiger partial charge in [0.2, 0.25) is 10.0 Å². The van der Waals surface area contributed by atoms with E-state index >= 15 is 0 Å². The first-order chi connectivity index (χ1) is 10.5. The summed E-state index contributed by atoms with van der Waals surface area (Å²) < 4.78 is 27.1. The van der Waals surface area contributed by atoms with Crippen molar-refractivity contribution < 1.29 is 8.42 Å². The highest BCUT2D eigenvalue weighted by Gasteiger charge is 2.14. The van der Waals surface area contributed by atoms with Gasteiger partial charge in [-0.3, -0.25) is 0 Å². The Kier molecular flexibility index (Phi) is 5.72. The lowest BCUT2D eigenvalue weighted by atomic mass is 10.2. The molecule has 0 radical (unpaired) electrons. The minimum absolute atomic E-state index is 0.314. The van der Waals surface area contributed by atoms with Gasteiger partial charge in [0.05, 0.1) is 15.6 Å². The van der Waals surface area contributed by atoms with E-state index in [0.29, 0.717) is 17.9 Å². The molecule has 0 atom stereocenters. The minimum atomic E-state index is -3.44. The van der Waals surface area contributed by atoms with Crippen LogP contribution in [0.2, 0.25) is 0 Å². The normalized spacial score (nSPS) is 11.8. The second-order valence-corrected chi connectivity index (χ2v) is 8.16. The van der Waals surface area contributed by atoms with Crippen molar-refractivity contribution in [1.82, 2.24) is 9.71 Å². The molecule has 0 bridgehead atoms. The predicted molar refractivity (Wildman–Crippen MR) is 90.9 cm³/mol. The topological polar surface area (TPSA) is 59.1 Å². The van der Waals surface area contributed by atoms with E-state index in [-0.39, 0.29) is 0 Å². The summed E-state index contributed by atoms with van der Waals surface area (Å²) in [5.41, 5.74) is 2.24. The van der Waals surface area contributed by atoms with Gasteiger partial charge in [-0.1, -0.05) is 26.0 Å². The van der Waals surface area contributed by atoms with Crippen LogP contribution in [0.3, 0.4) is 0 Å². The van der Waals surface area contributed by atoms with Crippen molar-refractivity contribution in [1.29, 1.82) is 0 Å². The number of hydrogen-bond acceptors (Lipinski definition) is 4. The smallest absolute Gasteiger partial charge is 0.240 e. The molecule has 0 unspecified atom stereocenters. The molecule has 0 saturated carbocycles. The van der Waals surface area contributed by atoms with Gasteiger partial charge in [-0.2, -0.15) is 0 Å². The Hall–Kier alpha value is -1.24. The van der Waals surface area contributed by atoms with Crippen molar-refractivity contribution in [2.45, 2.75) is 44.9 Å². The summed E-state index contributed by atoms with van der Waals surface area (Å²) in [6.07, 6.45) is 2.44. The number of aromatic nitrogens is 1. The Morgan fingerprint density at radius 1 is 1.14 bits per heavy atom. The summed E-state index contributed by atoms with van der Waals surface area (Å²) in [5, 5.41) is 0.985. The van der Waals surface area contributed by atoms with E-state index in [9.17, 15) is 8.42 Å². The van der Waals surface area contributed by atoms with Crippen LogP contribution in [-0.4, -0.2) is 19.9 Å². The van der Waals surface area contributed by atoms with Crippen molar-refractivity contribution >= 4 is 21.4 Å². The molecule has 2 rings (SSSR count). The maximum atomic E-state index is 12.2. The second kappa shape index (κ2) is 7.35. The Bertz CT molecular complexity index is 719. The van der Waals surface area contributed by atoms with E-state index < -0.39 is 10.0 Å². The van der Waals surface area contributed by atoms with Gasteiger partial charge in [-0.25, -0.2) is 18.1 Å². The molecule has 120 valence electrons. The molecule has 2 aromatic rings. The number of hydrogen-bond donors (Lipinski definition) is 1. The van der Waals surface area contributed by atoms with Gasteiger partial charge < -0.3 is 0 Å². The van der Waals surface area contributed by atoms with Crippen molar-refractivity contribution in [2.75, 3.05) is 6.54 Å². The molecular weight excluding hydrogens is 316 g/mol. The Morgan fingerprint density at radius 3 is 2.36 bits per heavy atom. The number of nitrogens with zero attached hydrogens (tertiary/aromatic N) is 1. The highest BCUT2D eigenvalue weighted by molar-refractivity contribution is 7.89. The maximum absolute atomic E-state index is 12.2. The molecule has 0 aliphatic carbocycles. The Labute approximate surface area is 136 Å². The van der Waals surface area contributed by atoms with Crippen molar-refractivity contribution in [3.05, 3.63) is 45.4 Å². The van der Waals surface area contributed by atoms with Gasteiger partial charge in [-0.15, -0.1) is 11.3 Å². The zero-order valence-corrected chi connectivity index (χ0v) is 14.9. The van der Waals surface area contributed by atoms with Crippen LogP contribution in [0.1, 0.15) is 35.0 Å². The molecule has 22 heavy (non-hydrogen) atoms. The fourth-order valence-corrected chi connectivity index (χ4v) is 4.26. The number of thiazole rings is 1. The van der Waals surface area contributed by atoms with Crippen LogP contribution in [-0.2, 0) is 29.3 Å². The number of aryl methyl sites for hydroxylation is 3. The average Bonchev–Trinajstić information content (AvgIpc) is 2.87. The van der Waals surface area contributed by atoms with E-state index in [1.165, 1.54) is 4.88 Å². The molecule has 1 N–H and O–H groups in total. The quantitative estimate of drug-likeness (QED) is 0.844. The number of rotatable bonds is 7. The average molecular weight is 338 g/mol. The lowest BCUT2D eigenvalue weighted by Gasteiger charge is -2.06. The SMILES string of the molecule is CCc1ccc(S(=O)(=O)NCCc2nc(CC)c(C)s2)cc1. The van der Waals surface area contributed by atoms with Crippen LogP contribution in [0.4, 0.5) is 0 Å². The first-order valence-corrected chi connectivity index (χ1v) is 9.80. The molecule has 4 nitrogen and oxygen atoms in total. The lowest BCUT2D eigenvalue weighted by Crippen LogP contribution is -2.26. The summed E-state index contributed by atoms with van der Waals surface area (Å²) in [6.45, 7) is 6.55. The van der Waals surface area contributed by atoms with E-state index in [1.807, 2.05) is 19.1 Å². The van der Waals surface area contributed by atoms with Crippen LogP contribution in [0.25, 0.3) is 0 Å². The highest BCUT2D eigenvalue weighted by atomic mass is 32.2. The van der Waals surface area contributed by atoms with Gasteiger partial charge in [0, 0.05) is 17.8 Å². The van der Waals surface area contributed by atoms with Gasteiger partial charge in [0.15, 0.2) is 0 Å². The third-order valence-corrected chi connectivity index (χ3v) is 6.09. The summed E-state index contributed by atoms with van der Waals surface area (Å²) in [4.78, 5) is 6.06. The maximum Gasteiger partial charge on any atom is 0.240 e. The molecular formula is C16H22N2O2S2. The van der Waals surface area contributed by atoms with Crippen molar-refractivity contribution in [3.63, 3.8) is 0 Å². The number of nitrogens with one attached hydrogen (secondary N) is 1. The summed E-state index contributed by atoms with van der Waals surface area (Å²) >= 11 is 1.64. The largest absolute Gasteiger partial charge is 0.246 e. The third-order valence-electron chi connectivity index (χ3n) is 3.54. The van der Waals surface area contributed by atoms with Gasteiger partial charge in [0.1, 0.15) is 0 Å². The minimum Gasteiger partial charge on any atom is -0.246 e. The molecule has 1 aromatic carbocycles. The summed E-state index contributed by atoms with van der Waals surface area (Å²) in [6, 6.07) is 7.02. The molecule has 1 aromatic heterocycles. The second-order valence-electron chi connectivity index (χ2n) is 5.11. The van der Waals surface area contributed by atoms with Crippen LogP contribution in [0, 0.1) is 6.92 Å². The molecule has 0 saturated heterocycles. The van der Waals surface area contributed by atoms with Crippen LogP contribution in [0.15, 0.2) is 29.2 Å². The fourth-order valence-electron chi connectivity index (χ4n) is 2.20. The zero-order chi connectivity index (χ0) is 16.2. The highest BCUT2D eigenvalue weighted by Crippen LogP contribution is 2.18. The van der Waals surface area contributed by atoms with Crippen LogP contribution < -0.4 is 4.72 Å². The van der Waals surface area contributed by atoms with E-state index in [4.69, 9.17) is 0 Å². The summed E-state index contributed by atoms with van der Waals surface area (Å²) in [5.74, 6) is 0. The summed E-state index contributed by atoms with van der Waals surface area (Å²) in [7, 11) is -3.44. The molecule has 0 spiro atoms. The van der Waals surface area contributed by atoms with Crippen molar-refractivity contribution in [2.24, 2.45) is 0 Å². The van der Waals surface area contributed by atoms with Gasteiger partial charge in [0.25, 0.3) is 0 Å². The van der Waals surface area contributed by atoms with Crippen LogP contribution in [0.5, 0.6) is 0 Å². The molecule has 0 amide bonds. The lowest BCUT2D eigenvalue weighted by molar-refractivity contribution is 0.581. The monoisotopic (exact) mass is 338 g/mol. The van der Waals surface area contributed by atoms with Crippen molar-refractivity contribution in [3.8, 4) is 0 Å². The first-order valence-electron chi connectivity index (χ1n) is 7.50. The molecule has 6 heteroatoms. The zero-order valence-electron chi connectivity index (χ0n) is 13.2. The fraction of sp³-hybridized carbons (Fsp3) is 0.438. The molecule has 0 aliphatic rings. The predicted octanol–water partition coefficient (Wildman–Crippen LogP) is 3.10. The standard InChI is InChI=1S/C16H22N2O2S2/c1-4-13-6-8-14(9-7-13)22(19,20)17-11-10-16-18-15(5-2)12(3)21-16/h6-9,17H,4-5,10-11H2,1-3H3. The third kappa shape index (κ3) is 4.15. The van der Waals surface area contributed by atoms with Crippen LogP contribution >= 0.6 is 11.3 Å².